The molecule has 0 bridgehead atoms. The van der Waals surface area contributed by atoms with Gasteiger partial charge in [-0.15, -0.1) is 0 Å². The maximum atomic E-state index is 15.2. The number of benzene rings is 4. The molecule has 8 rings (SSSR count). The highest BCUT2D eigenvalue weighted by molar-refractivity contribution is 6.32. The summed E-state index contributed by atoms with van der Waals surface area (Å²) in [5, 5.41) is 10.6. The minimum Gasteiger partial charge on any atom is -0.504 e. The summed E-state index contributed by atoms with van der Waals surface area (Å²) in [5.41, 5.74) is 1.79. The van der Waals surface area contributed by atoms with Crippen LogP contribution in [0.1, 0.15) is 24.0 Å². The van der Waals surface area contributed by atoms with E-state index in [-0.39, 0.29) is 35.8 Å². The summed E-state index contributed by atoms with van der Waals surface area (Å²) in [7, 11) is 1.47. The summed E-state index contributed by atoms with van der Waals surface area (Å²) >= 11 is 6.39. The number of phenolic OH excluding ortho intramolecular Hbond substituents is 1. The second kappa shape index (κ2) is 12.1. The van der Waals surface area contributed by atoms with Crippen LogP contribution in [0.4, 0.5) is 11.4 Å². The molecule has 2 heterocycles. The third-order valence-electron chi connectivity index (χ3n) is 10.9. The van der Waals surface area contributed by atoms with Crippen LogP contribution in [0.25, 0.3) is 6.08 Å². The van der Waals surface area contributed by atoms with E-state index in [2.05, 4.69) is 0 Å². The van der Waals surface area contributed by atoms with E-state index in [1.54, 1.807) is 60.7 Å². The zero-order chi connectivity index (χ0) is 34.7. The number of fused-ring (bicyclic) bond motifs is 4. The Morgan fingerprint density at radius 3 is 2.24 bits per heavy atom. The molecule has 6 atom stereocenters. The molecule has 2 aliphatic carbocycles. The zero-order valence-corrected chi connectivity index (χ0v) is 27.9. The number of phenols is 1. The van der Waals surface area contributed by atoms with E-state index in [1.165, 1.54) is 23.0 Å². The number of rotatable bonds is 6. The van der Waals surface area contributed by atoms with Crippen LogP contribution < -0.4 is 14.5 Å². The van der Waals surface area contributed by atoms with Crippen LogP contribution in [-0.4, -0.2) is 35.8 Å². The number of amides is 4. The maximum Gasteiger partial charge on any atom is 0.246 e. The van der Waals surface area contributed by atoms with Crippen molar-refractivity contribution in [1.82, 2.24) is 0 Å². The van der Waals surface area contributed by atoms with Gasteiger partial charge in [0.15, 0.2) is 11.5 Å². The largest absolute Gasteiger partial charge is 0.504 e. The monoisotopic (exact) mass is 684 g/mol. The average Bonchev–Trinajstić information content (AvgIpc) is 3.53. The minimum absolute atomic E-state index is 0.00894. The van der Waals surface area contributed by atoms with E-state index < -0.39 is 35.0 Å². The molecule has 2 aliphatic heterocycles. The second-order valence-corrected chi connectivity index (χ2v) is 13.7. The van der Waals surface area contributed by atoms with E-state index >= 15 is 4.79 Å². The van der Waals surface area contributed by atoms with Crippen molar-refractivity contribution in [3.63, 3.8) is 0 Å². The smallest absolute Gasteiger partial charge is 0.246 e. The number of hydrogen-bond acceptors (Lipinski definition) is 6. The van der Waals surface area contributed by atoms with Gasteiger partial charge in [0.05, 0.1) is 41.7 Å². The van der Waals surface area contributed by atoms with E-state index in [9.17, 15) is 19.5 Å². The number of ether oxygens (including phenoxy) is 1. The first-order valence-electron chi connectivity index (χ1n) is 16.6. The molecule has 0 radical (unpaired) electrons. The van der Waals surface area contributed by atoms with Gasteiger partial charge in [-0.2, -0.15) is 0 Å². The summed E-state index contributed by atoms with van der Waals surface area (Å²) in [6.07, 6.45) is 6.37. The van der Waals surface area contributed by atoms with Gasteiger partial charge >= 0.3 is 0 Å². The molecule has 4 aliphatic rings. The Balaban J connectivity index is 1.33. The van der Waals surface area contributed by atoms with Crippen LogP contribution in [0.15, 0.2) is 121 Å². The Hall–Kier alpha value is -5.47. The fourth-order valence-corrected chi connectivity index (χ4v) is 9.01. The molecule has 4 aromatic rings. The lowest BCUT2D eigenvalue weighted by atomic mass is 9.50. The van der Waals surface area contributed by atoms with Gasteiger partial charge in [0.2, 0.25) is 23.6 Å². The number of para-hydroxylation sites is 1. The molecule has 50 heavy (non-hydrogen) atoms. The number of imide groups is 2. The fraction of sp³-hybridized carbons (Fsp3) is 0.220. The number of carbonyl (C=O) groups is 4. The molecular formula is C41H33ClN2O6. The Morgan fingerprint density at radius 2 is 1.52 bits per heavy atom. The molecule has 1 saturated carbocycles. The van der Waals surface area contributed by atoms with Gasteiger partial charge in [-0.25, -0.2) is 4.90 Å². The molecule has 0 unspecified atom stereocenters. The Morgan fingerprint density at radius 1 is 0.800 bits per heavy atom. The topological polar surface area (TPSA) is 104 Å². The normalized spacial score (nSPS) is 27.3. The highest BCUT2D eigenvalue weighted by Crippen LogP contribution is 2.62. The van der Waals surface area contributed by atoms with E-state index in [1.807, 2.05) is 54.6 Å². The predicted molar refractivity (Wildman–Crippen MR) is 189 cm³/mol. The standard InChI is InChI=1S/C41H33ClN2O6/c1-50-35-21-24(16-20-34(35)45)15-19-32-29-17-18-30-36(39(48)43(37(30)46)27-12-6-3-7-13-27)31(29)23-33-38(47)44(28-14-8-11-26(42)22-28)40(49)41(32,33)25-9-4-2-5-10-25/h2-17,19-22,30-33,36,45H,18,23H2,1H3/t30-,31+,32-,33-,36-,41-/m0/s1. The highest BCUT2D eigenvalue weighted by atomic mass is 35.5. The second-order valence-electron chi connectivity index (χ2n) is 13.3. The van der Waals surface area contributed by atoms with E-state index in [0.717, 1.165) is 5.57 Å². The third kappa shape index (κ3) is 4.66. The van der Waals surface area contributed by atoms with E-state index in [0.29, 0.717) is 39.7 Å². The molecule has 0 aromatic heterocycles. The number of carbonyl (C=O) groups excluding carboxylic acids is 4. The molecular weight excluding hydrogens is 652 g/mol. The van der Waals surface area contributed by atoms with Crippen molar-refractivity contribution in [1.29, 1.82) is 0 Å². The molecule has 8 nitrogen and oxygen atoms in total. The van der Waals surface area contributed by atoms with Gasteiger partial charge < -0.3 is 9.84 Å². The maximum absolute atomic E-state index is 15.2. The van der Waals surface area contributed by atoms with Crippen LogP contribution in [0.2, 0.25) is 5.02 Å². The molecule has 4 amide bonds. The number of halogens is 1. The number of hydrogen-bond donors (Lipinski definition) is 1. The van der Waals surface area contributed by atoms with Crippen LogP contribution in [0.5, 0.6) is 11.5 Å². The molecule has 1 N–H and O–H groups in total. The third-order valence-corrected chi connectivity index (χ3v) is 11.2. The molecule has 4 aromatic carbocycles. The summed E-state index contributed by atoms with van der Waals surface area (Å²) in [4.78, 5) is 60.8. The van der Waals surface area contributed by atoms with Gasteiger partial charge in [-0.05, 0) is 72.4 Å². The summed E-state index contributed by atoms with van der Waals surface area (Å²) in [5.74, 6) is -4.26. The molecule has 9 heteroatoms. The first kappa shape index (κ1) is 31.8. The van der Waals surface area contributed by atoms with Crippen LogP contribution >= 0.6 is 11.6 Å². The number of methoxy groups -OCH3 is 1. The van der Waals surface area contributed by atoms with Crippen molar-refractivity contribution in [3.8, 4) is 11.5 Å². The number of anilines is 2. The summed E-state index contributed by atoms with van der Waals surface area (Å²) in [6, 6.07) is 30.0. The molecule has 250 valence electrons. The van der Waals surface area contributed by atoms with Crippen molar-refractivity contribution in [2.75, 3.05) is 16.9 Å². The SMILES string of the molecule is COc1cc(C=C[C@H]2C3=CC[C@@H]4C(=O)N(c5ccccc5)C(=O)[C@@H]4[C@@H]3C[C@H]3C(=O)N(c4cccc(Cl)c4)C(=O)[C@@]23c2ccccc2)ccc1O. The van der Waals surface area contributed by atoms with Gasteiger partial charge in [0, 0.05) is 10.9 Å². The number of aromatic hydroxyl groups is 1. The Kier molecular flexibility index (Phi) is 7.72. The van der Waals surface area contributed by atoms with Crippen molar-refractivity contribution < 1.29 is 29.0 Å². The van der Waals surface area contributed by atoms with Crippen LogP contribution in [-0.2, 0) is 24.6 Å². The number of allylic oxidation sites excluding steroid dienone is 3. The van der Waals surface area contributed by atoms with Gasteiger partial charge in [-0.1, -0.05) is 96.1 Å². The lowest BCUT2D eigenvalue weighted by Gasteiger charge is -2.49. The van der Waals surface area contributed by atoms with Gasteiger partial charge in [-0.3, -0.25) is 24.1 Å². The Bertz CT molecular complexity index is 2110. The minimum atomic E-state index is -1.36. The number of nitrogens with zero attached hydrogens (tertiary/aromatic N) is 2. The van der Waals surface area contributed by atoms with Crippen LogP contribution in [0, 0.1) is 29.6 Å². The highest BCUT2D eigenvalue weighted by Gasteiger charge is 2.69. The average molecular weight is 685 g/mol. The van der Waals surface area contributed by atoms with Crippen molar-refractivity contribution in [2.24, 2.45) is 29.6 Å². The van der Waals surface area contributed by atoms with Crippen LogP contribution in [0.3, 0.4) is 0 Å². The van der Waals surface area contributed by atoms with E-state index in [4.69, 9.17) is 16.3 Å². The Labute approximate surface area is 294 Å². The van der Waals surface area contributed by atoms with Gasteiger partial charge in [0.1, 0.15) is 0 Å². The lowest BCUT2D eigenvalue weighted by molar-refractivity contribution is -0.128. The predicted octanol–water partition coefficient (Wildman–Crippen LogP) is 6.97. The van der Waals surface area contributed by atoms with Gasteiger partial charge in [0.25, 0.3) is 0 Å². The van der Waals surface area contributed by atoms with Crippen molar-refractivity contribution in [3.05, 3.63) is 137 Å². The molecule has 3 fully saturated rings. The molecule has 2 saturated heterocycles. The van der Waals surface area contributed by atoms with Crippen molar-refractivity contribution >= 4 is 52.7 Å². The zero-order valence-electron chi connectivity index (χ0n) is 27.1. The lowest BCUT2D eigenvalue weighted by Crippen LogP contribution is -2.54. The summed E-state index contributed by atoms with van der Waals surface area (Å²) < 4.78 is 5.36. The quantitative estimate of drug-likeness (QED) is 0.174. The van der Waals surface area contributed by atoms with Crippen molar-refractivity contribution in [2.45, 2.75) is 18.3 Å². The first-order valence-corrected chi connectivity index (χ1v) is 17.0. The first-order chi connectivity index (χ1) is 24.2. The summed E-state index contributed by atoms with van der Waals surface area (Å²) in [6.45, 7) is 0. The molecule has 0 spiro atoms. The fourth-order valence-electron chi connectivity index (χ4n) is 8.83.